The summed E-state index contributed by atoms with van der Waals surface area (Å²) in [6.45, 7) is 2.14. The van der Waals surface area contributed by atoms with E-state index in [0.29, 0.717) is 4.77 Å². The minimum absolute atomic E-state index is 0.640. The van der Waals surface area contributed by atoms with E-state index in [1.54, 1.807) is 0 Å². The third-order valence-corrected chi connectivity index (χ3v) is 3.91. The van der Waals surface area contributed by atoms with E-state index in [4.69, 9.17) is 12.2 Å². The third-order valence-electron chi connectivity index (χ3n) is 3.64. The molecule has 0 aliphatic carbocycles. The summed E-state index contributed by atoms with van der Waals surface area (Å²) in [5.41, 5.74) is 3.72. The average Bonchev–Trinajstić information content (AvgIpc) is 2.88. The molecule has 0 aliphatic heterocycles. The van der Waals surface area contributed by atoms with Crippen LogP contribution < -0.4 is 0 Å². The molecule has 0 saturated heterocycles. The van der Waals surface area contributed by atoms with Gasteiger partial charge in [0.1, 0.15) is 5.82 Å². The van der Waals surface area contributed by atoms with E-state index in [-0.39, 0.29) is 0 Å². The van der Waals surface area contributed by atoms with Gasteiger partial charge < -0.3 is 0 Å². The van der Waals surface area contributed by atoms with Gasteiger partial charge in [0.15, 0.2) is 4.77 Å². The van der Waals surface area contributed by atoms with Gasteiger partial charge in [-0.2, -0.15) is 5.10 Å². The smallest absolute Gasteiger partial charge is 0.199 e. The summed E-state index contributed by atoms with van der Waals surface area (Å²) in [5.74, 6) is 0.967. The molecular weight excluding hydrogens is 278 g/mol. The van der Waals surface area contributed by atoms with E-state index in [9.17, 15) is 0 Å². The van der Waals surface area contributed by atoms with Crippen LogP contribution in [-0.4, -0.2) is 14.8 Å². The van der Waals surface area contributed by atoms with Gasteiger partial charge in [0, 0.05) is 12.1 Å². The summed E-state index contributed by atoms with van der Waals surface area (Å²) in [5, 5.41) is 7.29. The van der Waals surface area contributed by atoms with E-state index >= 15 is 0 Å². The molecule has 0 spiro atoms. The summed E-state index contributed by atoms with van der Waals surface area (Å²) in [7, 11) is 0. The van der Waals surface area contributed by atoms with Gasteiger partial charge in [-0.1, -0.05) is 42.5 Å². The van der Waals surface area contributed by atoms with Crippen molar-refractivity contribution in [2.45, 2.75) is 19.8 Å². The van der Waals surface area contributed by atoms with Crippen LogP contribution in [0.4, 0.5) is 0 Å². The van der Waals surface area contributed by atoms with Crippen molar-refractivity contribution in [3.05, 3.63) is 76.3 Å². The van der Waals surface area contributed by atoms with Crippen LogP contribution in [0.25, 0.3) is 5.69 Å². The van der Waals surface area contributed by atoms with E-state index in [1.165, 1.54) is 11.1 Å². The minimum Gasteiger partial charge on any atom is -0.272 e. The van der Waals surface area contributed by atoms with Gasteiger partial charge >= 0.3 is 0 Å². The van der Waals surface area contributed by atoms with E-state index in [1.807, 2.05) is 34.9 Å². The summed E-state index contributed by atoms with van der Waals surface area (Å²) < 4.78 is 2.65. The maximum Gasteiger partial charge on any atom is 0.199 e. The van der Waals surface area contributed by atoms with Gasteiger partial charge in [0.2, 0.25) is 0 Å². The van der Waals surface area contributed by atoms with Gasteiger partial charge in [-0.3, -0.25) is 9.67 Å². The number of benzene rings is 2. The van der Waals surface area contributed by atoms with Crippen molar-refractivity contribution in [1.29, 1.82) is 0 Å². The van der Waals surface area contributed by atoms with Crippen LogP contribution in [0, 0.1) is 11.7 Å². The lowest BCUT2D eigenvalue weighted by Gasteiger charge is -2.08. The molecule has 3 nitrogen and oxygen atoms in total. The highest BCUT2D eigenvalue weighted by molar-refractivity contribution is 7.71. The quantitative estimate of drug-likeness (QED) is 0.737. The summed E-state index contributed by atoms with van der Waals surface area (Å²) in [6, 6.07) is 18.6. The number of hydrogen-bond acceptors (Lipinski definition) is 2. The Bertz CT molecular complexity index is 787. The van der Waals surface area contributed by atoms with Gasteiger partial charge in [-0.15, -0.1) is 0 Å². The highest BCUT2D eigenvalue weighted by Crippen LogP contribution is 2.14. The van der Waals surface area contributed by atoms with Crippen molar-refractivity contribution in [2.75, 3.05) is 0 Å². The number of rotatable bonds is 4. The lowest BCUT2D eigenvalue weighted by molar-refractivity contribution is 0.816. The summed E-state index contributed by atoms with van der Waals surface area (Å²) in [6.07, 6.45) is 1.81. The second kappa shape index (κ2) is 6.06. The Morgan fingerprint density at radius 2 is 1.71 bits per heavy atom. The molecule has 3 aromatic rings. The Labute approximate surface area is 129 Å². The third kappa shape index (κ3) is 2.95. The number of aromatic nitrogens is 3. The Morgan fingerprint density at radius 1 is 1.00 bits per heavy atom. The zero-order chi connectivity index (χ0) is 14.7. The van der Waals surface area contributed by atoms with E-state index in [0.717, 1.165) is 24.4 Å². The van der Waals surface area contributed by atoms with Crippen LogP contribution in [-0.2, 0) is 12.8 Å². The Hall–Kier alpha value is -2.20. The van der Waals surface area contributed by atoms with Crippen LogP contribution in [0.5, 0.6) is 0 Å². The SMILES string of the molecule is Cc1ccccc1CCc1n[nH]c(=S)n1-c1ccccc1. The number of nitrogens with one attached hydrogen (secondary N) is 1. The summed E-state index contributed by atoms with van der Waals surface area (Å²) in [4.78, 5) is 0. The second-order valence-corrected chi connectivity index (χ2v) is 5.43. The van der Waals surface area contributed by atoms with Gasteiger partial charge in [0.05, 0.1) is 0 Å². The van der Waals surface area contributed by atoms with E-state index < -0.39 is 0 Å². The number of aryl methyl sites for hydroxylation is 3. The maximum atomic E-state index is 5.36. The molecule has 21 heavy (non-hydrogen) atoms. The highest BCUT2D eigenvalue weighted by Gasteiger charge is 2.08. The Morgan fingerprint density at radius 3 is 2.48 bits per heavy atom. The molecule has 4 heteroatoms. The molecule has 0 unspecified atom stereocenters. The zero-order valence-electron chi connectivity index (χ0n) is 11.9. The predicted octanol–water partition coefficient (Wildman–Crippen LogP) is 4.02. The van der Waals surface area contributed by atoms with Crippen LogP contribution in [0.15, 0.2) is 54.6 Å². The molecule has 0 saturated carbocycles. The standard InChI is InChI=1S/C17H17N3S/c1-13-7-5-6-8-14(13)11-12-16-18-19-17(21)20(16)15-9-3-2-4-10-15/h2-10H,11-12H2,1H3,(H,19,21). The zero-order valence-corrected chi connectivity index (χ0v) is 12.7. The summed E-state index contributed by atoms with van der Waals surface area (Å²) >= 11 is 5.36. The fraction of sp³-hybridized carbons (Fsp3) is 0.176. The lowest BCUT2D eigenvalue weighted by Crippen LogP contribution is -2.04. The van der Waals surface area contributed by atoms with Crippen molar-refractivity contribution in [3.8, 4) is 5.69 Å². The van der Waals surface area contributed by atoms with Crippen molar-refractivity contribution in [3.63, 3.8) is 0 Å². The number of para-hydroxylation sites is 1. The lowest BCUT2D eigenvalue weighted by atomic mass is 10.0. The molecule has 106 valence electrons. The fourth-order valence-corrected chi connectivity index (χ4v) is 2.73. The van der Waals surface area contributed by atoms with Crippen LogP contribution in [0.3, 0.4) is 0 Å². The number of aromatic amines is 1. The number of H-pyrrole nitrogens is 1. The molecular formula is C17H17N3S. The minimum atomic E-state index is 0.640. The molecule has 1 N–H and O–H groups in total. The molecule has 3 rings (SSSR count). The van der Waals surface area contributed by atoms with Gasteiger partial charge in [-0.05, 0) is 48.8 Å². The highest BCUT2D eigenvalue weighted by atomic mass is 32.1. The Kier molecular flexibility index (Phi) is 3.97. The first-order valence-corrected chi connectivity index (χ1v) is 7.43. The monoisotopic (exact) mass is 295 g/mol. The van der Waals surface area contributed by atoms with Crippen molar-refractivity contribution in [2.24, 2.45) is 0 Å². The Balaban J connectivity index is 1.88. The number of nitrogens with zero attached hydrogens (tertiary/aromatic N) is 2. The maximum absolute atomic E-state index is 5.36. The molecule has 0 radical (unpaired) electrons. The molecule has 0 bridgehead atoms. The topological polar surface area (TPSA) is 33.6 Å². The van der Waals surface area contributed by atoms with Gasteiger partial charge in [-0.25, -0.2) is 0 Å². The van der Waals surface area contributed by atoms with Crippen LogP contribution in [0.1, 0.15) is 17.0 Å². The molecule has 0 aliphatic rings. The molecule has 1 aromatic heterocycles. The molecule has 0 atom stereocenters. The normalized spacial score (nSPS) is 10.7. The molecule has 2 aromatic carbocycles. The van der Waals surface area contributed by atoms with Crippen molar-refractivity contribution >= 4 is 12.2 Å². The molecule has 0 fully saturated rings. The molecule has 0 amide bonds. The number of hydrogen-bond donors (Lipinski definition) is 1. The molecule has 1 heterocycles. The largest absolute Gasteiger partial charge is 0.272 e. The van der Waals surface area contributed by atoms with Gasteiger partial charge in [0.25, 0.3) is 0 Å². The fourth-order valence-electron chi connectivity index (χ4n) is 2.48. The first-order chi connectivity index (χ1) is 10.3. The van der Waals surface area contributed by atoms with Crippen LogP contribution in [0.2, 0.25) is 0 Å². The second-order valence-electron chi connectivity index (χ2n) is 5.04. The van der Waals surface area contributed by atoms with Crippen molar-refractivity contribution < 1.29 is 0 Å². The first kappa shape index (κ1) is 13.8. The first-order valence-electron chi connectivity index (χ1n) is 7.02. The van der Waals surface area contributed by atoms with Crippen molar-refractivity contribution in [1.82, 2.24) is 14.8 Å². The van der Waals surface area contributed by atoms with Crippen LogP contribution >= 0.6 is 12.2 Å². The average molecular weight is 295 g/mol. The predicted molar refractivity (Wildman–Crippen MR) is 87.3 cm³/mol. The van der Waals surface area contributed by atoms with E-state index in [2.05, 4.69) is 41.4 Å².